The molecule has 0 aliphatic rings. The van der Waals surface area contributed by atoms with Crippen LogP contribution in [-0.2, 0) is 0 Å². The van der Waals surface area contributed by atoms with E-state index in [1.807, 2.05) is 0 Å². The Kier molecular flexibility index (Phi) is 6.72. The van der Waals surface area contributed by atoms with Crippen LogP contribution in [0.25, 0.3) is 0 Å². The van der Waals surface area contributed by atoms with Crippen LogP contribution in [0.15, 0.2) is 0 Å². The Morgan fingerprint density at radius 1 is 0.387 bits per heavy atom. The number of hydrogen-bond donors (Lipinski definition) is 2. The second-order valence-electron chi connectivity index (χ2n) is 5.52. The molecule has 21 heteroatoms. The molecule has 0 aliphatic heterocycles. The van der Waals surface area contributed by atoms with Crippen molar-refractivity contribution in [3.05, 3.63) is 0 Å². The Hall–Kier alpha value is -1.41. The Labute approximate surface area is 155 Å². The van der Waals surface area contributed by atoms with Gasteiger partial charge in [0.05, 0.1) is 0 Å². The third-order valence-electron chi connectivity index (χ3n) is 3.46. The quantitative estimate of drug-likeness (QED) is 0.427. The summed E-state index contributed by atoms with van der Waals surface area (Å²) in [6.45, 7) is 0. The predicted octanol–water partition coefficient (Wildman–Crippen LogP) is 4.94. The highest BCUT2D eigenvalue weighted by Crippen LogP contribution is 2.65. The lowest BCUT2D eigenvalue weighted by molar-refractivity contribution is -0.477. The zero-order chi connectivity index (χ0) is 26.1. The molecule has 0 amide bonds. The molecule has 31 heavy (non-hydrogen) atoms. The predicted molar refractivity (Wildman–Crippen MR) is 53.9 cm³/mol. The molecule has 0 spiro atoms. The van der Waals surface area contributed by atoms with E-state index in [0.29, 0.717) is 0 Å². The van der Waals surface area contributed by atoms with Crippen molar-refractivity contribution >= 4 is 0 Å². The van der Waals surface area contributed by atoms with Gasteiger partial charge < -0.3 is 10.2 Å². The van der Waals surface area contributed by atoms with Crippen LogP contribution in [0, 0.1) is 0 Å². The smallest absolute Gasteiger partial charge is 0.359 e. The molecule has 0 aromatic carbocycles. The molecule has 0 aromatic rings. The van der Waals surface area contributed by atoms with E-state index in [-0.39, 0.29) is 0 Å². The molecule has 0 radical (unpaired) electrons. The van der Waals surface area contributed by atoms with Crippen LogP contribution in [-0.4, -0.2) is 70.1 Å². The van der Waals surface area contributed by atoms with Gasteiger partial charge in [0.25, 0.3) is 6.36 Å². The van der Waals surface area contributed by atoms with E-state index in [1.165, 1.54) is 0 Å². The lowest BCUT2D eigenvalue weighted by Gasteiger charge is -2.43. The van der Waals surface area contributed by atoms with Crippen molar-refractivity contribution in [1.29, 1.82) is 0 Å². The molecule has 0 saturated carbocycles. The molecule has 1 unspecified atom stereocenters. The Morgan fingerprint density at radius 3 is 0.774 bits per heavy atom. The van der Waals surface area contributed by atoms with Gasteiger partial charge in [0.2, 0.25) is 0 Å². The first-order chi connectivity index (χ1) is 12.9. The molecular formula is C10H3F19O2. The molecule has 0 aliphatic carbocycles. The summed E-state index contributed by atoms with van der Waals surface area (Å²) in [5.74, 6) is -68.3. The topological polar surface area (TPSA) is 40.5 Å². The van der Waals surface area contributed by atoms with Gasteiger partial charge in [0.1, 0.15) is 0 Å². The summed E-state index contributed by atoms with van der Waals surface area (Å²) < 4.78 is 243. The van der Waals surface area contributed by atoms with E-state index in [4.69, 9.17) is 10.2 Å². The van der Waals surface area contributed by atoms with Gasteiger partial charge in [0.15, 0.2) is 0 Å². The first-order valence-electron chi connectivity index (χ1n) is 6.39. The standard InChI is InChI=1S/C10H3F19O2/c11-1(30)2(12,13)3(14,15)4(16,17)5(18,19)6(20,21)7(22,23)8(24,25)9(26,27)10(28,29)31/h1,30-31H. The van der Waals surface area contributed by atoms with Crippen LogP contribution in [0.4, 0.5) is 83.4 Å². The van der Waals surface area contributed by atoms with Crippen molar-refractivity contribution in [3.8, 4) is 0 Å². The molecule has 2 nitrogen and oxygen atoms in total. The van der Waals surface area contributed by atoms with Gasteiger partial charge in [-0.25, -0.2) is 4.39 Å². The maximum Gasteiger partial charge on any atom is 0.423 e. The van der Waals surface area contributed by atoms with Gasteiger partial charge in [-0.1, -0.05) is 0 Å². The van der Waals surface area contributed by atoms with E-state index in [9.17, 15) is 83.4 Å². The maximum atomic E-state index is 13.2. The van der Waals surface area contributed by atoms with Crippen LogP contribution >= 0.6 is 0 Å². The summed E-state index contributed by atoms with van der Waals surface area (Å²) in [7, 11) is 0. The summed E-state index contributed by atoms with van der Waals surface area (Å²) in [5, 5.41) is 15.0. The normalized spacial score (nSPS) is 17.7. The average molecular weight is 516 g/mol. The number of hydrogen-bond acceptors (Lipinski definition) is 2. The third kappa shape index (κ3) is 3.45. The molecule has 0 fully saturated rings. The van der Waals surface area contributed by atoms with E-state index in [2.05, 4.69) is 0 Å². The largest absolute Gasteiger partial charge is 0.423 e. The van der Waals surface area contributed by atoms with Crippen LogP contribution in [0.1, 0.15) is 0 Å². The van der Waals surface area contributed by atoms with E-state index >= 15 is 0 Å². The molecule has 0 rings (SSSR count). The van der Waals surface area contributed by atoms with Crippen molar-refractivity contribution in [1.82, 2.24) is 0 Å². The minimum absolute atomic E-state index is 5.60. The highest BCUT2D eigenvalue weighted by Gasteiger charge is 2.96. The fourth-order valence-corrected chi connectivity index (χ4v) is 1.53. The molecule has 0 heterocycles. The van der Waals surface area contributed by atoms with Crippen molar-refractivity contribution in [2.45, 2.75) is 59.8 Å². The van der Waals surface area contributed by atoms with Crippen LogP contribution in [0.5, 0.6) is 0 Å². The van der Waals surface area contributed by atoms with Gasteiger partial charge in [-0.2, -0.15) is 79.0 Å². The first-order valence-corrected chi connectivity index (χ1v) is 6.39. The molecular weight excluding hydrogens is 513 g/mol. The summed E-state index contributed by atoms with van der Waals surface area (Å²) in [6, 6.07) is 0. The van der Waals surface area contributed by atoms with E-state index in [0.717, 1.165) is 0 Å². The minimum atomic E-state index is -9.01. The van der Waals surface area contributed by atoms with Gasteiger partial charge in [-0.3, -0.25) is 0 Å². The summed E-state index contributed by atoms with van der Waals surface area (Å²) >= 11 is 0. The first kappa shape index (κ1) is 29.6. The lowest BCUT2D eigenvalue weighted by atomic mass is 9.87. The van der Waals surface area contributed by atoms with Crippen molar-refractivity contribution < 1.29 is 93.6 Å². The van der Waals surface area contributed by atoms with Gasteiger partial charge in [-0.05, 0) is 0 Å². The summed E-state index contributed by atoms with van der Waals surface area (Å²) in [5.41, 5.74) is 0. The number of aliphatic hydroxyl groups is 2. The van der Waals surface area contributed by atoms with Crippen LogP contribution in [0.2, 0.25) is 0 Å². The molecule has 1 atom stereocenters. The molecule has 0 saturated heterocycles. The highest BCUT2D eigenvalue weighted by molar-refractivity contribution is 5.16. The van der Waals surface area contributed by atoms with Crippen LogP contribution < -0.4 is 0 Å². The monoisotopic (exact) mass is 516 g/mol. The summed E-state index contributed by atoms with van der Waals surface area (Å²) in [6.07, 6.45) is -13.1. The molecule has 188 valence electrons. The molecule has 2 N–H and O–H groups in total. The zero-order valence-corrected chi connectivity index (χ0v) is 13.2. The Morgan fingerprint density at radius 2 is 0.581 bits per heavy atom. The molecule has 0 bridgehead atoms. The maximum absolute atomic E-state index is 13.2. The minimum Gasteiger partial charge on any atom is -0.359 e. The van der Waals surface area contributed by atoms with Gasteiger partial charge >= 0.3 is 53.5 Å². The lowest BCUT2D eigenvalue weighted by Crippen LogP contribution is -2.76. The highest BCUT2D eigenvalue weighted by atomic mass is 19.4. The van der Waals surface area contributed by atoms with Crippen LogP contribution in [0.3, 0.4) is 0 Å². The van der Waals surface area contributed by atoms with Crippen molar-refractivity contribution in [3.63, 3.8) is 0 Å². The summed E-state index contributed by atoms with van der Waals surface area (Å²) in [4.78, 5) is 0. The fraction of sp³-hybridized carbons (Fsp3) is 1.00. The third-order valence-corrected chi connectivity index (χ3v) is 3.46. The average Bonchev–Trinajstić information content (AvgIpc) is 2.52. The van der Waals surface area contributed by atoms with Gasteiger partial charge in [-0.15, -0.1) is 0 Å². The van der Waals surface area contributed by atoms with Crippen molar-refractivity contribution in [2.24, 2.45) is 0 Å². The fourth-order valence-electron chi connectivity index (χ4n) is 1.53. The Balaban J connectivity index is 6.91. The number of halogens is 19. The van der Waals surface area contributed by atoms with Gasteiger partial charge in [0, 0.05) is 0 Å². The van der Waals surface area contributed by atoms with E-state index in [1.54, 1.807) is 0 Å². The number of alkyl halides is 19. The molecule has 0 aromatic heterocycles. The van der Waals surface area contributed by atoms with E-state index < -0.39 is 59.8 Å². The SMILES string of the molecule is OC(F)C(F)(F)C(F)(F)C(F)(F)C(F)(F)C(F)(F)C(F)(F)C(F)(F)C(F)(F)C(O)(F)F. The second kappa shape index (κ2) is 7.04. The van der Waals surface area contributed by atoms with Crippen molar-refractivity contribution in [2.75, 3.05) is 0 Å². The Bertz CT molecular complexity index is 659. The zero-order valence-electron chi connectivity index (χ0n) is 13.2. The number of aliphatic hydroxyl groups excluding tert-OH is 1. The second-order valence-corrected chi connectivity index (χ2v) is 5.52. The number of rotatable bonds is 9.